The molecule has 2 aliphatic rings. The van der Waals surface area contributed by atoms with Gasteiger partial charge in [-0.05, 0) is 50.7 Å². The predicted molar refractivity (Wildman–Crippen MR) is 114 cm³/mol. The van der Waals surface area contributed by atoms with Gasteiger partial charge in [-0.25, -0.2) is 4.79 Å². The number of nitrogens with zero attached hydrogens (tertiary/aromatic N) is 1. The van der Waals surface area contributed by atoms with Crippen molar-refractivity contribution in [3.8, 4) is 17.2 Å². The molecule has 0 aliphatic carbocycles. The van der Waals surface area contributed by atoms with Crippen LogP contribution in [0.4, 0.5) is 4.79 Å². The van der Waals surface area contributed by atoms with Gasteiger partial charge in [-0.15, -0.1) is 0 Å². The zero-order valence-electron chi connectivity index (χ0n) is 17.3. The molecule has 2 aromatic carbocycles. The SMILES string of the molecule is CN1CCC(NC(=O)NC[C@@H]2COc3ccc(OCc4ccccc4)cc3O2)CC1. The molecule has 1 saturated heterocycles. The van der Waals surface area contributed by atoms with Crippen LogP contribution >= 0.6 is 0 Å². The second-order valence-electron chi connectivity index (χ2n) is 7.87. The van der Waals surface area contributed by atoms with Crippen molar-refractivity contribution in [3.63, 3.8) is 0 Å². The highest BCUT2D eigenvalue weighted by Gasteiger charge is 2.23. The highest BCUT2D eigenvalue weighted by atomic mass is 16.6. The first-order valence-electron chi connectivity index (χ1n) is 10.5. The Balaban J connectivity index is 1.25. The van der Waals surface area contributed by atoms with Crippen molar-refractivity contribution in [1.29, 1.82) is 0 Å². The number of urea groups is 1. The number of likely N-dealkylation sites (tertiary alicyclic amines) is 1. The number of fused-ring (bicyclic) bond motifs is 1. The van der Waals surface area contributed by atoms with Crippen LogP contribution in [0.2, 0.25) is 0 Å². The summed E-state index contributed by atoms with van der Waals surface area (Å²) >= 11 is 0. The van der Waals surface area contributed by atoms with Crippen molar-refractivity contribution in [2.24, 2.45) is 0 Å². The molecule has 2 N–H and O–H groups in total. The second-order valence-corrected chi connectivity index (χ2v) is 7.87. The Bertz CT molecular complexity index is 838. The maximum Gasteiger partial charge on any atom is 0.315 e. The quantitative estimate of drug-likeness (QED) is 0.765. The highest BCUT2D eigenvalue weighted by Crippen LogP contribution is 2.35. The number of hydrogen-bond donors (Lipinski definition) is 2. The molecule has 0 spiro atoms. The first-order chi connectivity index (χ1) is 14.7. The summed E-state index contributed by atoms with van der Waals surface area (Å²) in [5, 5.41) is 5.95. The number of piperidine rings is 1. The average Bonchev–Trinajstić information content (AvgIpc) is 2.78. The smallest absolute Gasteiger partial charge is 0.315 e. The van der Waals surface area contributed by atoms with Crippen LogP contribution in [0, 0.1) is 0 Å². The molecule has 30 heavy (non-hydrogen) atoms. The van der Waals surface area contributed by atoms with Crippen LogP contribution in [0.25, 0.3) is 0 Å². The van der Waals surface area contributed by atoms with Crippen molar-refractivity contribution < 1.29 is 19.0 Å². The van der Waals surface area contributed by atoms with Crippen LogP contribution in [0.3, 0.4) is 0 Å². The molecule has 1 fully saturated rings. The topological polar surface area (TPSA) is 72.1 Å². The molecule has 7 heteroatoms. The summed E-state index contributed by atoms with van der Waals surface area (Å²) in [5.41, 5.74) is 1.10. The minimum Gasteiger partial charge on any atom is -0.489 e. The van der Waals surface area contributed by atoms with Gasteiger partial charge in [-0.3, -0.25) is 0 Å². The summed E-state index contributed by atoms with van der Waals surface area (Å²) in [6.45, 7) is 3.29. The van der Waals surface area contributed by atoms with E-state index in [2.05, 4.69) is 22.6 Å². The molecule has 2 aromatic rings. The Kier molecular flexibility index (Phi) is 6.59. The average molecular weight is 412 g/mol. The molecular formula is C23H29N3O4. The Labute approximate surface area is 177 Å². The number of carbonyl (C=O) groups excluding carboxylic acids is 1. The van der Waals surface area contributed by atoms with Gasteiger partial charge < -0.3 is 29.7 Å². The Morgan fingerprint density at radius 2 is 1.93 bits per heavy atom. The van der Waals surface area contributed by atoms with E-state index in [4.69, 9.17) is 14.2 Å². The molecule has 1 atom stereocenters. The second kappa shape index (κ2) is 9.71. The minimum absolute atomic E-state index is 0.154. The summed E-state index contributed by atoms with van der Waals surface area (Å²) < 4.78 is 17.7. The summed E-state index contributed by atoms with van der Waals surface area (Å²) in [6, 6.07) is 15.6. The van der Waals surface area contributed by atoms with Crippen LogP contribution in [-0.2, 0) is 6.61 Å². The van der Waals surface area contributed by atoms with E-state index in [0.717, 1.165) is 37.2 Å². The lowest BCUT2D eigenvalue weighted by molar-refractivity contribution is 0.0909. The van der Waals surface area contributed by atoms with Crippen molar-refractivity contribution >= 4 is 6.03 Å². The van der Waals surface area contributed by atoms with Crippen LogP contribution < -0.4 is 24.8 Å². The van der Waals surface area contributed by atoms with Gasteiger partial charge in [0, 0.05) is 12.1 Å². The molecule has 0 unspecified atom stereocenters. The molecule has 7 nitrogen and oxygen atoms in total. The fourth-order valence-corrected chi connectivity index (χ4v) is 3.62. The fourth-order valence-electron chi connectivity index (χ4n) is 3.62. The number of hydrogen-bond acceptors (Lipinski definition) is 5. The van der Waals surface area contributed by atoms with Crippen LogP contribution in [-0.4, -0.2) is 56.4 Å². The minimum atomic E-state index is -0.245. The first-order valence-corrected chi connectivity index (χ1v) is 10.5. The molecule has 2 heterocycles. The van der Waals surface area contributed by atoms with Crippen LogP contribution in [0.1, 0.15) is 18.4 Å². The number of amides is 2. The van der Waals surface area contributed by atoms with Gasteiger partial charge >= 0.3 is 6.03 Å². The molecule has 0 radical (unpaired) electrons. The Hall–Kier alpha value is -2.93. The summed E-state index contributed by atoms with van der Waals surface area (Å²) in [4.78, 5) is 14.5. The number of rotatable bonds is 6. The molecule has 2 amide bonds. The van der Waals surface area contributed by atoms with Crippen molar-refractivity contribution in [2.45, 2.75) is 31.6 Å². The fraction of sp³-hybridized carbons (Fsp3) is 0.435. The molecule has 160 valence electrons. The van der Waals surface area contributed by atoms with E-state index in [1.807, 2.05) is 48.5 Å². The molecule has 0 bridgehead atoms. The Morgan fingerprint density at radius 3 is 2.73 bits per heavy atom. The van der Waals surface area contributed by atoms with E-state index >= 15 is 0 Å². The van der Waals surface area contributed by atoms with E-state index in [1.165, 1.54) is 0 Å². The molecule has 0 aromatic heterocycles. The normalized spacial score (nSPS) is 19.2. The number of benzene rings is 2. The molecular weight excluding hydrogens is 382 g/mol. The summed E-state index contributed by atoms with van der Waals surface area (Å²) in [5.74, 6) is 2.04. The lowest BCUT2D eigenvalue weighted by Gasteiger charge is -2.30. The largest absolute Gasteiger partial charge is 0.489 e. The van der Waals surface area contributed by atoms with E-state index in [-0.39, 0.29) is 18.2 Å². The number of nitrogens with one attached hydrogen (secondary N) is 2. The zero-order chi connectivity index (χ0) is 20.8. The number of carbonyl (C=O) groups is 1. The Morgan fingerprint density at radius 1 is 1.13 bits per heavy atom. The van der Waals surface area contributed by atoms with Gasteiger partial charge in [0.05, 0.1) is 6.54 Å². The predicted octanol–water partition coefficient (Wildman–Crippen LogP) is 2.80. The van der Waals surface area contributed by atoms with Crippen molar-refractivity contribution in [2.75, 3.05) is 33.3 Å². The number of ether oxygens (including phenoxy) is 3. The van der Waals surface area contributed by atoms with Crippen molar-refractivity contribution in [1.82, 2.24) is 15.5 Å². The third-order valence-corrected chi connectivity index (χ3v) is 5.43. The highest BCUT2D eigenvalue weighted by molar-refractivity contribution is 5.74. The van der Waals surface area contributed by atoms with Crippen molar-refractivity contribution in [3.05, 3.63) is 54.1 Å². The molecule has 4 rings (SSSR count). The van der Waals surface area contributed by atoms with E-state index in [1.54, 1.807) is 0 Å². The first kappa shape index (κ1) is 20.3. The van der Waals surface area contributed by atoms with Gasteiger partial charge in [0.15, 0.2) is 17.6 Å². The van der Waals surface area contributed by atoms with Gasteiger partial charge in [0.25, 0.3) is 0 Å². The maximum absolute atomic E-state index is 12.2. The third-order valence-electron chi connectivity index (χ3n) is 5.43. The monoisotopic (exact) mass is 411 g/mol. The van der Waals surface area contributed by atoms with Crippen LogP contribution in [0.5, 0.6) is 17.2 Å². The lowest BCUT2D eigenvalue weighted by atomic mass is 10.1. The van der Waals surface area contributed by atoms with Gasteiger partial charge in [-0.1, -0.05) is 30.3 Å². The third kappa shape index (κ3) is 5.57. The van der Waals surface area contributed by atoms with E-state index < -0.39 is 0 Å². The molecule has 0 saturated carbocycles. The van der Waals surface area contributed by atoms with Crippen LogP contribution in [0.15, 0.2) is 48.5 Å². The molecule has 2 aliphatic heterocycles. The lowest BCUT2D eigenvalue weighted by Crippen LogP contribution is -2.49. The maximum atomic E-state index is 12.2. The standard InChI is InChI=1S/C23H29N3O4/c1-26-11-9-18(10-12-26)25-23(27)24-14-20-16-29-21-8-7-19(13-22(21)30-20)28-15-17-5-3-2-4-6-17/h2-8,13,18,20H,9-12,14-16H2,1H3,(H2,24,25,27)/t20-/m1/s1. The zero-order valence-corrected chi connectivity index (χ0v) is 17.3. The van der Waals surface area contributed by atoms with E-state index in [0.29, 0.717) is 31.3 Å². The van der Waals surface area contributed by atoms with Gasteiger partial charge in [0.1, 0.15) is 19.0 Å². The van der Waals surface area contributed by atoms with Gasteiger partial charge in [-0.2, -0.15) is 0 Å². The van der Waals surface area contributed by atoms with E-state index in [9.17, 15) is 4.79 Å². The van der Waals surface area contributed by atoms with Gasteiger partial charge in [0.2, 0.25) is 0 Å². The summed E-state index contributed by atoms with van der Waals surface area (Å²) in [7, 11) is 2.10. The summed E-state index contributed by atoms with van der Waals surface area (Å²) in [6.07, 6.45) is 1.71.